The fraction of sp³-hybridized carbons (Fsp3) is 0.222. The molecule has 0 fully saturated rings. The van der Waals surface area contributed by atoms with Gasteiger partial charge in [0.1, 0.15) is 5.75 Å². The summed E-state index contributed by atoms with van der Waals surface area (Å²) in [4.78, 5) is 22.3. The van der Waals surface area contributed by atoms with Crippen molar-refractivity contribution >= 4 is 11.9 Å². The second-order valence-corrected chi connectivity index (χ2v) is 5.22. The standard InChI is InChI=1S/C18H18O5/c1-12-4-2-3-5-16(12)23-11-10-15(18(21)22)13-6-8-14(9-7-13)17(19)20/h2-9,15H,10-11H2,1H3,(H,19,20)(H,21,22). The van der Waals surface area contributed by atoms with Crippen LogP contribution in [-0.2, 0) is 4.79 Å². The van der Waals surface area contributed by atoms with Gasteiger partial charge in [-0.1, -0.05) is 30.3 Å². The normalized spacial score (nSPS) is 11.7. The molecule has 0 aliphatic carbocycles. The fourth-order valence-electron chi connectivity index (χ4n) is 2.30. The van der Waals surface area contributed by atoms with Gasteiger partial charge in [-0.25, -0.2) is 4.79 Å². The maximum Gasteiger partial charge on any atom is 0.335 e. The van der Waals surface area contributed by atoms with Gasteiger partial charge < -0.3 is 14.9 Å². The summed E-state index contributed by atoms with van der Waals surface area (Å²) >= 11 is 0. The summed E-state index contributed by atoms with van der Waals surface area (Å²) in [5, 5.41) is 18.3. The molecule has 2 rings (SSSR count). The van der Waals surface area contributed by atoms with Crippen molar-refractivity contribution in [1.29, 1.82) is 0 Å². The van der Waals surface area contributed by atoms with E-state index in [1.54, 1.807) is 0 Å². The van der Waals surface area contributed by atoms with Crippen molar-refractivity contribution in [2.45, 2.75) is 19.3 Å². The maximum absolute atomic E-state index is 11.5. The summed E-state index contributed by atoms with van der Waals surface area (Å²) in [6.45, 7) is 2.19. The van der Waals surface area contributed by atoms with Crippen LogP contribution in [0.25, 0.3) is 0 Å². The van der Waals surface area contributed by atoms with Crippen LogP contribution in [0.3, 0.4) is 0 Å². The van der Waals surface area contributed by atoms with Gasteiger partial charge in [-0.2, -0.15) is 0 Å². The molecule has 0 heterocycles. The Morgan fingerprint density at radius 2 is 1.70 bits per heavy atom. The predicted octanol–water partition coefficient (Wildman–Crippen LogP) is 3.33. The average molecular weight is 314 g/mol. The molecule has 2 aromatic rings. The Morgan fingerprint density at radius 3 is 2.26 bits per heavy atom. The molecule has 0 spiro atoms. The van der Waals surface area contributed by atoms with E-state index in [4.69, 9.17) is 9.84 Å². The van der Waals surface area contributed by atoms with Gasteiger partial charge in [-0.15, -0.1) is 0 Å². The highest BCUT2D eigenvalue weighted by Gasteiger charge is 2.20. The Hall–Kier alpha value is -2.82. The summed E-state index contributed by atoms with van der Waals surface area (Å²) in [6.07, 6.45) is 0.302. The Morgan fingerprint density at radius 1 is 1.04 bits per heavy atom. The topological polar surface area (TPSA) is 83.8 Å². The van der Waals surface area contributed by atoms with Crippen molar-refractivity contribution in [3.8, 4) is 5.75 Å². The number of carboxylic acid groups (broad SMARTS) is 2. The van der Waals surface area contributed by atoms with Crippen LogP contribution in [0.5, 0.6) is 5.75 Å². The number of aromatic carboxylic acids is 1. The van der Waals surface area contributed by atoms with Crippen LogP contribution < -0.4 is 4.74 Å². The Labute approximate surface area is 134 Å². The molecule has 0 aliphatic rings. The molecular weight excluding hydrogens is 296 g/mol. The first-order valence-electron chi connectivity index (χ1n) is 7.23. The molecule has 5 heteroatoms. The zero-order valence-electron chi connectivity index (χ0n) is 12.7. The van der Waals surface area contributed by atoms with Crippen molar-refractivity contribution in [3.05, 3.63) is 65.2 Å². The molecule has 0 radical (unpaired) electrons. The first-order valence-corrected chi connectivity index (χ1v) is 7.23. The summed E-state index contributed by atoms with van der Waals surface area (Å²) in [7, 11) is 0. The number of benzene rings is 2. The monoisotopic (exact) mass is 314 g/mol. The molecule has 2 N–H and O–H groups in total. The van der Waals surface area contributed by atoms with Gasteiger partial charge in [0.25, 0.3) is 0 Å². The minimum absolute atomic E-state index is 0.133. The molecule has 5 nitrogen and oxygen atoms in total. The summed E-state index contributed by atoms with van der Waals surface area (Å²) < 4.78 is 5.64. The average Bonchev–Trinajstić information content (AvgIpc) is 2.53. The molecule has 1 atom stereocenters. The molecule has 0 amide bonds. The lowest BCUT2D eigenvalue weighted by molar-refractivity contribution is -0.139. The molecule has 0 saturated heterocycles. The van der Waals surface area contributed by atoms with E-state index < -0.39 is 17.9 Å². The number of hydrogen-bond acceptors (Lipinski definition) is 3. The minimum atomic E-state index is -1.04. The van der Waals surface area contributed by atoms with Crippen molar-refractivity contribution < 1.29 is 24.5 Å². The maximum atomic E-state index is 11.5. The minimum Gasteiger partial charge on any atom is -0.493 e. The van der Waals surface area contributed by atoms with Crippen LogP contribution in [0, 0.1) is 6.92 Å². The summed E-state index contributed by atoms with van der Waals surface area (Å²) in [6, 6.07) is 13.4. The van der Waals surface area contributed by atoms with E-state index in [0.717, 1.165) is 11.3 Å². The Kier molecular flexibility index (Phi) is 5.36. The third-order valence-electron chi connectivity index (χ3n) is 3.62. The number of carbonyl (C=O) groups is 2. The number of rotatable bonds is 7. The van der Waals surface area contributed by atoms with Crippen LogP contribution in [0.4, 0.5) is 0 Å². The van der Waals surface area contributed by atoms with Gasteiger partial charge in [0.05, 0.1) is 18.1 Å². The molecule has 0 aliphatic heterocycles. The van der Waals surface area contributed by atoms with E-state index in [9.17, 15) is 14.7 Å². The van der Waals surface area contributed by atoms with Gasteiger partial charge in [-0.3, -0.25) is 4.79 Å². The van der Waals surface area contributed by atoms with Crippen LogP contribution in [-0.4, -0.2) is 28.8 Å². The lowest BCUT2D eigenvalue weighted by Gasteiger charge is -2.14. The third-order valence-corrected chi connectivity index (χ3v) is 3.62. The highest BCUT2D eigenvalue weighted by atomic mass is 16.5. The second kappa shape index (κ2) is 7.45. The van der Waals surface area contributed by atoms with Crippen LogP contribution in [0.1, 0.15) is 33.8 Å². The highest BCUT2D eigenvalue weighted by molar-refractivity contribution is 5.87. The molecule has 23 heavy (non-hydrogen) atoms. The van der Waals surface area contributed by atoms with Gasteiger partial charge >= 0.3 is 11.9 Å². The number of hydrogen-bond donors (Lipinski definition) is 2. The van der Waals surface area contributed by atoms with Gasteiger partial charge in [-0.05, 0) is 42.7 Å². The van der Waals surface area contributed by atoms with E-state index in [1.807, 2.05) is 31.2 Å². The number of carboxylic acids is 2. The van der Waals surface area contributed by atoms with E-state index in [1.165, 1.54) is 24.3 Å². The molecule has 120 valence electrons. The third kappa shape index (κ3) is 4.32. The molecule has 1 unspecified atom stereocenters. The fourth-order valence-corrected chi connectivity index (χ4v) is 2.30. The first kappa shape index (κ1) is 16.5. The smallest absolute Gasteiger partial charge is 0.335 e. The van der Waals surface area contributed by atoms with Crippen LogP contribution in [0.15, 0.2) is 48.5 Å². The number of ether oxygens (including phenoxy) is 1. The van der Waals surface area contributed by atoms with E-state index in [2.05, 4.69) is 0 Å². The molecular formula is C18H18O5. The lowest BCUT2D eigenvalue weighted by atomic mass is 9.95. The largest absolute Gasteiger partial charge is 0.493 e. The van der Waals surface area contributed by atoms with Crippen molar-refractivity contribution in [3.63, 3.8) is 0 Å². The lowest BCUT2D eigenvalue weighted by Crippen LogP contribution is -2.15. The highest BCUT2D eigenvalue weighted by Crippen LogP contribution is 2.22. The molecule has 0 aromatic heterocycles. The van der Waals surface area contributed by atoms with Crippen molar-refractivity contribution in [2.24, 2.45) is 0 Å². The first-order chi connectivity index (χ1) is 11.0. The molecule has 0 bridgehead atoms. The molecule has 2 aromatic carbocycles. The summed E-state index contributed by atoms with van der Waals surface area (Å²) in [5.41, 5.74) is 1.69. The Balaban J connectivity index is 2.03. The van der Waals surface area contributed by atoms with E-state index in [0.29, 0.717) is 12.0 Å². The number of para-hydroxylation sites is 1. The molecule has 0 saturated carbocycles. The van der Waals surface area contributed by atoms with Crippen molar-refractivity contribution in [2.75, 3.05) is 6.61 Å². The van der Waals surface area contributed by atoms with E-state index in [-0.39, 0.29) is 12.2 Å². The van der Waals surface area contributed by atoms with E-state index >= 15 is 0 Å². The second-order valence-electron chi connectivity index (χ2n) is 5.22. The van der Waals surface area contributed by atoms with Crippen LogP contribution in [0.2, 0.25) is 0 Å². The quantitative estimate of drug-likeness (QED) is 0.819. The zero-order valence-corrected chi connectivity index (χ0v) is 12.7. The number of aryl methyl sites for hydroxylation is 1. The number of aliphatic carboxylic acids is 1. The predicted molar refractivity (Wildman–Crippen MR) is 85.1 cm³/mol. The zero-order chi connectivity index (χ0) is 16.8. The summed E-state index contributed by atoms with van der Waals surface area (Å²) in [5.74, 6) is -1.99. The Bertz CT molecular complexity index is 691. The van der Waals surface area contributed by atoms with Crippen LogP contribution >= 0.6 is 0 Å². The van der Waals surface area contributed by atoms with Gasteiger partial charge in [0.15, 0.2) is 0 Å². The SMILES string of the molecule is Cc1ccccc1OCCC(C(=O)O)c1ccc(C(=O)O)cc1. The van der Waals surface area contributed by atoms with Gasteiger partial charge in [0, 0.05) is 0 Å². The van der Waals surface area contributed by atoms with Gasteiger partial charge in [0.2, 0.25) is 0 Å². The van der Waals surface area contributed by atoms with Crippen molar-refractivity contribution in [1.82, 2.24) is 0 Å².